The molecule has 0 fully saturated rings. The standard InChI is InChI=1S/C20H37NO/c1-4-5-6-7-8-9-10-11-12-13-14-15-16-17-18-21-20(22)19(2)3/h17-18H,2,4-16H2,1,3H3,(H,21,22). The first-order chi connectivity index (χ1) is 10.7. The number of amides is 1. The number of hydrogen-bond donors (Lipinski definition) is 1. The zero-order chi connectivity index (χ0) is 16.5. The van der Waals surface area contributed by atoms with Gasteiger partial charge in [0.25, 0.3) is 0 Å². The van der Waals surface area contributed by atoms with Crippen LogP contribution in [0.5, 0.6) is 0 Å². The Morgan fingerprint density at radius 1 is 0.864 bits per heavy atom. The van der Waals surface area contributed by atoms with Crippen molar-refractivity contribution in [1.29, 1.82) is 0 Å². The van der Waals surface area contributed by atoms with Crippen molar-refractivity contribution in [3.05, 3.63) is 24.4 Å². The molecular formula is C20H37NO. The highest BCUT2D eigenvalue weighted by Crippen LogP contribution is 2.12. The molecule has 2 nitrogen and oxygen atoms in total. The first-order valence-electron chi connectivity index (χ1n) is 9.30. The van der Waals surface area contributed by atoms with Crippen molar-refractivity contribution in [1.82, 2.24) is 5.32 Å². The van der Waals surface area contributed by atoms with E-state index in [0.717, 1.165) is 6.42 Å². The molecule has 0 unspecified atom stereocenters. The third-order valence-corrected chi connectivity index (χ3v) is 3.94. The summed E-state index contributed by atoms with van der Waals surface area (Å²) in [6, 6.07) is 0. The molecule has 0 bridgehead atoms. The lowest BCUT2D eigenvalue weighted by Crippen LogP contribution is -2.16. The van der Waals surface area contributed by atoms with Crippen LogP contribution in [0.15, 0.2) is 24.4 Å². The number of unbranched alkanes of at least 4 members (excludes halogenated alkanes) is 12. The lowest BCUT2D eigenvalue weighted by Gasteiger charge is -2.02. The molecule has 0 saturated carbocycles. The Morgan fingerprint density at radius 2 is 1.32 bits per heavy atom. The molecule has 0 atom stereocenters. The fraction of sp³-hybridized carbons (Fsp3) is 0.750. The van der Waals surface area contributed by atoms with Gasteiger partial charge in [-0.3, -0.25) is 4.79 Å². The molecule has 22 heavy (non-hydrogen) atoms. The normalized spacial score (nSPS) is 11.0. The minimum Gasteiger partial charge on any atom is -0.329 e. The van der Waals surface area contributed by atoms with Crippen LogP contribution in [0.2, 0.25) is 0 Å². The summed E-state index contributed by atoms with van der Waals surface area (Å²) in [4.78, 5) is 11.2. The number of allylic oxidation sites excluding steroid dienone is 1. The molecule has 0 aromatic carbocycles. The van der Waals surface area contributed by atoms with Crippen molar-refractivity contribution >= 4 is 5.91 Å². The molecule has 128 valence electrons. The van der Waals surface area contributed by atoms with Crippen molar-refractivity contribution in [2.24, 2.45) is 0 Å². The average molecular weight is 308 g/mol. The zero-order valence-corrected chi connectivity index (χ0v) is 15.0. The van der Waals surface area contributed by atoms with Gasteiger partial charge in [0, 0.05) is 11.8 Å². The molecule has 0 aromatic heterocycles. The summed E-state index contributed by atoms with van der Waals surface area (Å²) in [5, 5.41) is 2.71. The monoisotopic (exact) mass is 307 g/mol. The predicted molar refractivity (Wildman–Crippen MR) is 97.8 cm³/mol. The molecule has 0 heterocycles. The number of nitrogens with one attached hydrogen (secondary N) is 1. The van der Waals surface area contributed by atoms with E-state index in [9.17, 15) is 4.79 Å². The Hall–Kier alpha value is -1.05. The molecule has 2 heteroatoms. The number of carbonyl (C=O) groups excluding carboxylic acids is 1. The average Bonchev–Trinajstić information content (AvgIpc) is 2.50. The van der Waals surface area contributed by atoms with Crippen LogP contribution in [0.25, 0.3) is 0 Å². The van der Waals surface area contributed by atoms with Gasteiger partial charge in [-0.1, -0.05) is 90.2 Å². The zero-order valence-electron chi connectivity index (χ0n) is 15.0. The Morgan fingerprint density at radius 3 is 1.77 bits per heavy atom. The summed E-state index contributed by atoms with van der Waals surface area (Å²) in [5.74, 6) is -0.0917. The maximum absolute atomic E-state index is 11.2. The smallest absolute Gasteiger partial charge is 0.250 e. The molecule has 0 aliphatic carbocycles. The molecule has 1 N–H and O–H groups in total. The van der Waals surface area contributed by atoms with Crippen LogP contribution < -0.4 is 5.32 Å². The van der Waals surface area contributed by atoms with Crippen LogP contribution in [0.1, 0.15) is 97.3 Å². The lowest BCUT2D eigenvalue weighted by molar-refractivity contribution is -0.116. The van der Waals surface area contributed by atoms with Crippen LogP contribution >= 0.6 is 0 Å². The minimum atomic E-state index is -0.0917. The lowest BCUT2D eigenvalue weighted by atomic mass is 10.0. The molecule has 0 rings (SSSR count). The van der Waals surface area contributed by atoms with E-state index in [2.05, 4.69) is 18.8 Å². The van der Waals surface area contributed by atoms with Crippen LogP contribution in [0.4, 0.5) is 0 Å². The van der Waals surface area contributed by atoms with E-state index < -0.39 is 0 Å². The summed E-state index contributed by atoms with van der Waals surface area (Å²) in [7, 11) is 0. The van der Waals surface area contributed by atoms with Gasteiger partial charge in [-0.05, 0) is 19.8 Å². The highest BCUT2D eigenvalue weighted by Gasteiger charge is 1.96. The fourth-order valence-corrected chi connectivity index (χ4v) is 2.44. The molecule has 0 aliphatic rings. The highest BCUT2D eigenvalue weighted by molar-refractivity contribution is 5.92. The quantitative estimate of drug-likeness (QED) is 0.280. The number of hydrogen-bond acceptors (Lipinski definition) is 1. The van der Waals surface area contributed by atoms with Gasteiger partial charge in [0.1, 0.15) is 0 Å². The van der Waals surface area contributed by atoms with Gasteiger partial charge in [-0.25, -0.2) is 0 Å². The van der Waals surface area contributed by atoms with E-state index in [-0.39, 0.29) is 5.91 Å². The number of rotatable bonds is 15. The van der Waals surface area contributed by atoms with E-state index in [1.807, 2.05) is 6.08 Å². The Kier molecular flexibility index (Phi) is 15.5. The summed E-state index contributed by atoms with van der Waals surface area (Å²) in [5.41, 5.74) is 0.551. The minimum absolute atomic E-state index is 0.0917. The first-order valence-corrected chi connectivity index (χ1v) is 9.30. The van der Waals surface area contributed by atoms with Gasteiger partial charge < -0.3 is 5.32 Å². The topological polar surface area (TPSA) is 29.1 Å². The van der Waals surface area contributed by atoms with Gasteiger partial charge in [0.2, 0.25) is 5.91 Å². The second-order valence-corrected chi connectivity index (χ2v) is 6.33. The SMILES string of the molecule is C=C(C)C(=O)NC=CCCCCCCCCCCCCCC. The third kappa shape index (κ3) is 15.3. The van der Waals surface area contributed by atoms with Crippen molar-refractivity contribution in [2.45, 2.75) is 97.3 Å². The van der Waals surface area contributed by atoms with E-state index in [4.69, 9.17) is 0 Å². The van der Waals surface area contributed by atoms with Crippen LogP contribution in [0, 0.1) is 0 Å². The number of carbonyl (C=O) groups is 1. The maximum atomic E-state index is 11.2. The molecule has 0 saturated heterocycles. The summed E-state index contributed by atoms with van der Waals surface area (Å²) >= 11 is 0. The van der Waals surface area contributed by atoms with Gasteiger partial charge >= 0.3 is 0 Å². The molecular weight excluding hydrogens is 270 g/mol. The van der Waals surface area contributed by atoms with Crippen molar-refractivity contribution < 1.29 is 4.79 Å². The van der Waals surface area contributed by atoms with Crippen molar-refractivity contribution in [2.75, 3.05) is 0 Å². The van der Waals surface area contributed by atoms with Gasteiger partial charge in [0.15, 0.2) is 0 Å². The first kappa shape index (κ1) is 20.9. The van der Waals surface area contributed by atoms with Crippen LogP contribution in [-0.4, -0.2) is 5.91 Å². The van der Waals surface area contributed by atoms with Crippen molar-refractivity contribution in [3.63, 3.8) is 0 Å². The Labute approximate surface area is 138 Å². The highest BCUT2D eigenvalue weighted by atomic mass is 16.1. The van der Waals surface area contributed by atoms with Crippen LogP contribution in [0.3, 0.4) is 0 Å². The maximum Gasteiger partial charge on any atom is 0.250 e. The third-order valence-electron chi connectivity index (χ3n) is 3.94. The van der Waals surface area contributed by atoms with E-state index in [1.54, 1.807) is 13.1 Å². The Balaban J connectivity index is 3.16. The van der Waals surface area contributed by atoms with E-state index in [1.165, 1.54) is 77.0 Å². The summed E-state index contributed by atoms with van der Waals surface area (Å²) < 4.78 is 0. The fourth-order valence-electron chi connectivity index (χ4n) is 2.44. The van der Waals surface area contributed by atoms with Gasteiger partial charge in [-0.2, -0.15) is 0 Å². The Bertz CT molecular complexity index is 307. The molecule has 1 amide bonds. The van der Waals surface area contributed by atoms with Crippen LogP contribution in [-0.2, 0) is 4.79 Å². The largest absolute Gasteiger partial charge is 0.329 e. The van der Waals surface area contributed by atoms with Gasteiger partial charge in [-0.15, -0.1) is 0 Å². The molecule has 0 radical (unpaired) electrons. The van der Waals surface area contributed by atoms with E-state index in [0.29, 0.717) is 5.57 Å². The second-order valence-electron chi connectivity index (χ2n) is 6.33. The molecule has 0 aliphatic heterocycles. The summed E-state index contributed by atoms with van der Waals surface area (Å²) in [6.07, 6.45) is 21.4. The molecule has 0 spiro atoms. The summed E-state index contributed by atoms with van der Waals surface area (Å²) in [6.45, 7) is 7.59. The predicted octanol–water partition coefficient (Wildman–Crippen LogP) is 6.28. The van der Waals surface area contributed by atoms with Crippen molar-refractivity contribution in [3.8, 4) is 0 Å². The molecule has 0 aromatic rings. The second kappa shape index (κ2) is 16.3. The van der Waals surface area contributed by atoms with E-state index >= 15 is 0 Å². The van der Waals surface area contributed by atoms with Gasteiger partial charge in [0.05, 0.1) is 0 Å².